The Morgan fingerprint density at radius 3 is 1.82 bits per heavy atom. The molecular weight excluding hydrogens is 274 g/mol. The molecule has 22 heavy (non-hydrogen) atoms. The third-order valence-corrected chi connectivity index (χ3v) is 3.10. The Kier molecular flexibility index (Phi) is 5.34. The van der Waals surface area contributed by atoms with E-state index in [-0.39, 0.29) is 24.2 Å². The molecule has 1 N–H and O–H groups in total. The van der Waals surface area contributed by atoms with Crippen LogP contribution in [0.4, 0.5) is 0 Å². The van der Waals surface area contributed by atoms with Crippen molar-refractivity contribution < 1.29 is 9.53 Å². The summed E-state index contributed by atoms with van der Waals surface area (Å²) in [5, 5.41) is 2.91. The lowest BCUT2D eigenvalue weighted by Gasteiger charge is -2.23. The predicted molar refractivity (Wildman–Crippen MR) is 88.6 cm³/mol. The number of ether oxygens (including phenoxy) is 1. The highest BCUT2D eigenvalue weighted by molar-refractivity contribution is 5.77. The first-order chi connectivity index (χ1) is 10.5. The fraction of sp³-hybridized carbons (Fsp3) is 0.316. The van der Waals surface area contributed by atoms with Gasteiger partial charge in [-0.05, 0) is 31.9 Å². The van der Waals surface area contributed by atoms with Gasteiger partial charge in [0.1, 0.15) is 12.7 Å². The van der Waals surface area contributed by atoms with Gasteiger partial charge in [0.05, 0.1) is 0 Å². The molecule has 116 valence electrons. The van der Waals surface area contributed by atoms with Crippen LogP contribution in [0.25, 0.3) is 0 Å². The molecule has 0 aliphatic carbocycles. The lowest BCUT2D eigenvalue weighted by Crippen LogP contribution is -2.42. The van der Waals surface area contributed by atoms with E-state index in [9.17, 15) is 4.79 Å². The molecule has 0 radical (unpaired) electrons. The van der Waals surface area contributed by atoms with Crippen LogP contribution in [0.15, 0.2) is 60.7 Å². The van der Waals surface area contributed by atoms with E-state index in [1.165, 1.54) is 0 Å². The molecule has 1 amide bonds. The van der Waals surface area contributed by atoms with Crippen molar-refractivity contribution in [3.05, 3.63) is 71.8 Å². The van der Waals surface area contributed by atoms with Crippen molar-refractivity contribution in [3.8, 4) is 0 Å². The van der Waals surface area contributed by atoms with Crippen LogP contribution in [0.3, 0.4) is 0 Å². The number of benzene rings is 2. The normalized spacial score (nSPS) is 11.5. The van der Waals surface area contributed by atoms with E-state index in [0.29, 0.717) is 0 Å². The standard InChI is InChI=1S/C19H23NO2/c1-19(2,3)20-17(21)14-22-18(15-10-6-4-7-11-15)16-12-8-5-9-13-16/h4-13,18H,14H2,1-3H3,(H,20,21). The predicted octanol–water partition coefficient (Wildman–Crippen LogP) is 3.71. The number of rotatable bonds is 5. The molecule has 0 bridgehead atoms. The van der Waals surface area contributed by atoms with Crippen LogP contribution < -0.4 is 5.32 Å². The van der Waals surface area contributed by atoms with E-state index < -0.39 is 0 Å². The summed E-state index contributed by atoms with van der Waals surface area (Å²) < 4.78 is 5.91. The Hall–Kier alpha value is -2.13. The van der Waals surface area contributed by atoms with Gasteiger partial charge >= 0.3 is 0 Å². The van der Waals surface area contributed by atoms with Gasteiger partial charge in [0.2, 0.25) is 5.91 Å². The van der Waals surface area contributed by atoms with Crippen molar-refractivity contribution >= 4 is 5.91 Å². The summed E-state index contributed by atoms with van der Waals surface area (Å²) in [6, 6.07) is 19.9. The topological polar surface area (TPSA) is 38.3 Å². The quantitative estimate of drug-likeness (QED) is 0.913. The van der Waals surface area contributed by atoms with Crippen LogP contribution in [0, 0.1) is 0 Å². The molecule has 0 heterocycles. The minimum absolute atomic E-state index is 0.0335. The lowest BCUT2D eigenvalue weighted by molar-refractivity contribution is -0.128. The minimum atomic E-state index is -0.255. The van der Waals surface area contributed by atoms with Crippen molar-refractivity contribution in [3.63, 3.8) is 0 Å². The molecule has 0 atom stereocenters. The summed E-state index contributed by atoms with van der Waals surface area (Å²) in [5.41, 5.74) is 1.82. The maximum absolute atomic E-state index is 12.0. The number of amides is 1. The van der Waals surface area contributed by atoms with Gasteiger partial charge in [-0.15, -0.1) is 0 Å². The van der Waals surface area contributed by atoms with E-state index in [1.807, 2.05) is 81.4 Å². The molecule has 0 saturated carbocycles. The third-order valence-electron chi connectivity index (χ3n) is 3.10. The zero-order valence-corrected chi connectivity index (χ0v) is 13.4. The van der Waals surface area contributed by atoms with E-state index in [1.54, 1.807) is 0 Å². The van der Waals surface area contributed by atoms with Crippen molar-refractivity contribution in [1.82, 2.24) is 5.32 Å². The van der Waals surface area contributed by atoms with Gasteiger partial charge in [-0.25, -0.2) is 0 Å². The molecule has 0 aromatic heterocycles. The SMILES string of the molecule is CC(C)(C)NC(=O)COC(c1ccccc1)c1ccccc1. The molecule has 3 nitrogen and oxygen atoms in total. The van der Waals surface area contributed by atoms with Crippen molar-refractivity contribution in [1.29, 1.82) is 0 Å². The minimum Gasteiger partial charge on any atom is -0.359 e. The molecule has 0 aliphatic rings. The molecule has 0 aliphatic heterocycles. The van der Waals surface area contributed by atoms with Crippen LogP contribution in [-0.2, 0) is 9.53 Å². The Balaban J connectivity index is 2.11. The van der Waals surface area contributed by atoms with Crippen LogP contribution in [0.1, 0.15) is 38.0 Å². The largest absolute Gasteiger partial charge is 0.359 e. The van der Waals surface area contributed by atoms with Gasteiger partial charge in [0.25, 0.3) is 0 Å². The van der Waals surface area contributed by atoms with Gasteiger partial charge in [-0.1, -0.05) is 60.7 Å². The van der Waals surface area contributed by atoms with Crippen molar-refractivity contribution in [2.45, 2.75) is 32.4 Å². The lowest BCUT2D eigenvalue weighted by atomic mass is 10.0. The van der Waals surface area contributed by atoms with E-state index in [4.69, 9.17) is 4.74 Å². The molecule has 2 aromatic carbocycles. The zero-order valence-electron chi connectivity index (χ0n) is 13.4. The Labute approximate surface area is 132 Å². The van der Waals surface area contributed by atoms with Crippen LogP contribution in [0.2, 0.25) is 0 Å². The molecule has 2 aromatic rings. The Morgan fingerprint density at radius 2 is 1.41 bits per heavy atom. The smallest absolute Gasteiger partial charge is 0.246 e. The Morgan fingerprint density at radius 1 is 0.955 bits per heavy atom. The van der Waals surface area contributed by atoms with Gasteiger partial charge in [-0.3, -0.25) is 4.79 Å². The summed E-state index contributed by atoms with van der Waals surface area (Å²) in [6.45, 7) is 5.90. The molecule has 2 rings (SSSR count). The second kappa shape index (κ2) is 7.23. The van der Waals surface area contributed by atoms with Crippen LogP contribution in [-0.4, -0.2) is 18.1 Å². The Bertz CT molecular complexity index is 548. The highest BCUT2D eigenvalue weighted by atomic mass is 16.5. The molecule has 0 saturated heterocycles. The van der Waals surface area contributed by atoms with E-state index in [2.05, 4.69) is 5.32 Å². The monoisotopic (exact) mass is 297 g/mol. The van der Waals surface area contributed by atoms with Crippen molar-refractivity contribution in [2.24, 2.45) is 0 Å². The summed E-state index contributed by atoms with van der Waals surface area (Å²) >= 11 is 0. The summed E-state index contributed by atoms with van der Waals surface area (Å²) in [5.74, 6) is -0.107. The second-order valence-electron chi connectivity index (χ2n) is 6.31. The van der Waals surface area contributed by atoms with Crippen LogP contribution in [0.5, 0.6) is 0 Å². The summed E-state index contributed by atoms with van der Waals surface area (Å²) in [4.78, 5) is 12.0. The fourth-order valence-electron chi connectivity index (χ4n) is 2.25. The number of hydrogen-bond acceptors (Lipinski definition) is 2. The molecule has 0 fully saturated rings. The number of hydrogen-bond donors (Lipinski definition) is 1. The molecule has 0 unspecified atom stereocenters. The first-order valence-corrected chi connectivity index (χ1v) is 7.48. The van der Waals surface area contributed by atoms with Gasteiger partial charge in [0, 0.05) is 5.54 Å². The summed E-state index contributed by atoms with van der Waals surface area (Å²) in [6.07, 6.45) is -0.242. The van der Waals surface area contributed by atoms with E-state index in [0.717, 1.165) is 11.1 Å². The number of carbonyl (C=O) groups excluding carboxylic acids is 1. The first-order valence-electron chi connectivity index (χ1n) is 7.48. The number of nitrogens with one attached hydrogen (secondary N) is 1. The van der Waals surface area contributed by atoms with E-state index >= 15 is 0 Å². The second-order valence-corrected chi connectivity index (χ2v) is 6.31. The average molecular weight is 297 g/mol. The van der Waals surface area contributed by atoms with Crippen LogP contribution >= 0.6 is 0 Å². The summed E-state index contributed by atoms with van der Waals surface area (Å²) in [7, 11) is 0. The highest BCUT2D eigenvalue weighted by Crippen LogP contribution is 2.25. The first kappa shape index (κ1) is 16.2. The molecular formula is C19H23NO2. The van der Waals surface area contributed by atoms with Gasteiger partial charge < -0.3 is 10.1 Å². The van der Waals surface area contributed by atoms with Crippen molar-refractivity contribution in [2.75, 3.05) is 6.61 Å². The fourth-order valence-corrected chi connectivity index (χ4v) is 2.25. The average Bonchev–Trinajstić information content (AvgIpc) is 2.48. The molecule has 0 spiro atoms. The van der Waals surface area contributed by atoms with Gasteiger partial charge in [0.15, 0.2) is 0 Å². The van der Waals surface area contributed by atoms with Gasteiger partial charge in [-0.2, -0.15) is 0 Å². The highest BCUT2D eigenvalue weighted by Gasteiger charge is 2.18. The third kappa shape index (κ3) is 5.01. The molecule has 3 heteroatoms. The maximum atomic E-state index is 12.0. The maximum Gasteiger partial charge on any atom is 0.246 e. The number of carbonyl (C=O) groups is 1. The zero-order chi connectivity index (χ0) is 16.0.